The van der Waals surface area contributed by atoms with Crippen LogP contribution >= 0.6 is 0 Å². The van der Waals surface area contributed by atoms with E-state index in [0.29, 0.717) is 57.4 Å². The Morgan fingerprint density at radius 2 is 1.59 bits per heavy atom. The van der Waals surface area contributed by atoms with Crippen LogP contribution < -0.4 is 10.2 Å². The highest BCUT2D eigenvalue weighted by Crippen LogP contribution is 2.54. The lowest BCUT2D eigenvalue weighted by atomic mass is 9.71. The van der Waals surface area contributed by atoms with Crippen molar-refractivity contribution in [3.05, 3.63) is 83.7 Å². The molecular formula is C45H61N7O6. The van der Waals surface area contributed by atoms with Crippen LogP contribution in [0.2, 0.25) is 0 Å². The average molecular weight is 796 g/mol. The molecule has 312 valence electrons. The van der Waals surface area contributed by atoms with Crippen molar-refractivity contribution in [3.63, 3.8) is 0 Å². The second-order valence-electron chi connectivity index (χ2n) is 17.8. The van der Waals surface area contributed by atoms with Gasteiger partial charge in [-0.05, 0) is 53.9 Å². The topological polar surface area (TPSA) is 141 Å². The van der Waals surface area contributed by atoms with E-state index in [-0.39, 0.29) is 41.6 Å². The number of carbonyl (C=O) groups is 4. The summed E-state index contributed by atoms with van der Waals surface area (Å²) in [6.07, 6.45) is 11.6. The first-order chi connectivity index (χ1) is 28.1. The summed E-state index contributed by atoms with van der Waals surface area (Å²) in [5, 5.41) is 16.5. The van der Waals surface area contributed by atoms with E-state index in [0.717, 1.165) is 62.4 Å². The summed E-state index contributed by atoms with van der Waals surface area (Å²) in [5.74, 6) is 0.360. The first kappa shape index (κ1) is 41.4. The Bertz CT molecular complexity index is 1850. The van der Waals surface area contributed by atoms with Crippen LogP contribution in [0.3, 0.4) is 0 Å². The summed E-state index contributed by atoms with van der Waals surface area (Å²) in [6.45, 7) is 11.8. The van der Waals surface area contributed by atoms with Crippen molar-refractivity contribution in [1.29, 1.82) is 0 Å². The maximum atomic E-state index is 13.6. The molecule has 5 fully saturated rings. The van der Waals surface area contributed by atoms with Gasteiger partial charge in [-0.15, -0.1) is 0 Å². The summed E-state index contributed by atoms with van der Waals surface area (Å²) in [5.41, 5.74) is 3.35. The Morgan fingerprint density at radius 1 is 0.897 bits per heavy atom. The molecule has 1 spiro atoms. The minimum Gasteiger partial charge on any atom is -0.392 e. The third-order valence-corrected chi connectivity index (χ3v) is 13.0. The lowest BCUT2D eigenvalue weighted by Gasteiger charge is -2.50. The Balaban J connectivity index is 0.000000267. The fourth-order valence-electron chi connectivity index (χ4n) is 9.17. The molecule has 1 aromatic heterocycles. The van der Waals surface area contributed by atoms with E-state index in [1.807, 2.05) is 59.5 Å². The van der Waals surface area contributed by atoms with Gasteiger partial charge in [-0.1, -0.05) is 75.6 Å². The van der Waals surface area contributed by atoms with Gasteiger partial charge in [0.1, 0.15) is 0 Å². The number of aliphatic hydroxyl groups is 1. The molecule has 2 saturated carbocycles. The first-order valence-corrected chi connectivity index (χ1v) is 21.2. The zero-order chi connectivity index (χ0) is 40.7. The van der Waals surface area contributed by atoms with Gasteiger partial charge in [0.25, 0.3) is 5.91 Å². The molecule has 1 unspecified atom stereocenters. The van der Waals surface area contributed by atoms with Gasteiger partial charge in [-0.3, -0.25) is 23.9 Å². The number of anilines is 1. The molecular weight excluding hydrogens is 735 g/mol. The molecule has 2 aliphatic carbocycles. The predicted octanol–water partition coefficient (Wildman–Crippen LogP) is 4.05. The van der Waals surface area contributed by atoms with E-state index < -0.39 is 5.41 Å². The Labute approximate surface area is 342 Å². The number of aliphatic hydroxyl groups excluding tert-OH is 1. The molecule has 3 saturated heterocycles. The molecule has 3 aromatic rings. The number of ether oxygens (including phenoxy) is 1. The van der Waals surface area contributed by atoms with Crippen molar-refractivity contribution in [2.45, 2.75) is 65.5 Å². The summed E-state index contributed by atoms with van der Waals surface area (Å²) >= 11 is 0. The smallest absolute Gasteiger partial charge is 0.257 e. The summed E-state index contributed by atoms with van der Waals surface area (Å²) in [6, 6.07) is 17.9. The number of piperazine rings is 1. The SMILES string of the molecule is CC1(C)CC1C(=O)N1CC2(CN(C(=O)c3cnn(Cc4ccccc4)c3)C[C@H]2C(=O)NCCOCC2CCCCC2)C1.O=CN1CCN(c2ccc(CO)cc2)CC1. The van der Waals surface area contributed by atoms with Crippen LogP contribution in [0.5, 0.6) is 0 Å². The van der Waals surface area contributed by atoms with Crippen molar-refractivity contribution in [1.82, 2.24) is 29.8 Å². The second kappa shape index (κ2) is 18.4. The number of nitrogens with one attached hydrogen (secondary N) is 1. The zero-order valence-corrected chi connectivity index (χ0v) is 34.3. The highest BCUT2D eigenvalue weighted by atomic mass is 16.5. The molecule has 4 heterocycles. The summed E-state index contributed by atoms with van der Waals surface area (Å²) in [7, 11) is 0. The van der Waals surface area contributed by atoms with Crippen molar-refractivity contribution >= 4 is 29.8 Å². The van der Waals surface area contributed by atoms with Crippen LogP contribution in [0.25, 0.3) is 0 Å². The van der Waals surface area contributed by atoms with Gasteiger partial charge >= 0.3 is 0 Å². The largest absolute Gasteiger partial charge is 0.392 e. The van der Waals surface area contributed by atoms with E-state index in [4.69, 9.17) is 9.84 Å². The van der Waals surface area contributed by atoms with E-state index in [1.54, 1.807) is 26.9 Å². The number of rotatable bonds is 13. The average Bonchev–Trinajstić information content (AvgIpc) is 3.52. The highest BCUT2D eigenvalue weighted by molar-refractivity contribution is 5.95. The van der Waals surface area contributed by atoms with Crippen LogP contribution in [-0.4, -0.2) is 126 Å². The molecule has 5 aliphatic rings. The van der Waals surface area contributed by atoms with Gasteiger partial charge in [-0.25, -0.2) is 0 Å². The van der Waals surface area contributed by atoms with Gasteiger partial charge in [0.05, 0.1) is 37.4 Å². The number of amides is 4. The maximum Gasteiger partial charge on any atom is 0.257 e. The Morgan fingerprint density at radius 3 is 2.24 bits per heavy atom. The molecule has 0 bridgehead atoms. The van der Waals surface area contributed by atoms with Crippen molar-refractivity contribution < 1.29 is 29.0 Å². The predicted molar refractivity (Wildman–Crippen MR) is 221 cm³/mol. The van der Waals surface area contributed by atoms with E-state index in [9.17, 15) is 19.2 Å². The summed E-state index contributed by atoms with van der Waals surface area (Å²) < 4.78 is 7.67. The quantitative estimate of drug-likeness (QED) is 0.195. The molecule has 58 heavy (non-hydrogen) atoms. The minimum absolute atomic E-state index is 0.0508. The molecule has 2 N–H and O–H groups in total. The van der Waals surface area contributed by atoms with Gasteiger partial charge in [0, 0.05) is 88.7 Å². The van der Waals surface area contributed by atoms with Crippen LogP contribution in [0.15, 0.2) is 67.0 Å². The van der Waals surface area contributed by atoms with Crippen LogP contribution in [-0.2, 0) is 32.3 Å². The third kappa shape index (κ3) is 9.91. The van der Waals surface area contributed by atoms with Crippen LogP contribution in [0, 0.1) is 28.6 Å². The molecule has 4 amide bonds. The number of hydrogen-bond acceptors (Lipinski definition) is 8. The van der Waals surface area contributed by atoms with Crippen molar-refractivity contribution in [2.75, 3.05) is 77.0 Å². The lowest BCUT2D eigenvalue weighted by molar-refractivity contribution is -0.151. The fraction of sp³-hybridized carbons (Fsp3) is 0.578. The Kier molecular flexibility index (Phi) is 13.2. The molecule has 13 nitrogen and oxygen atoms in total. The molecule has 0 radical (unpaired) electrons. The number of carbonyl (C=O) groups excluding carboxylic acids is 4. The molecule has 2 aromatic carbocycles. The monoisotopic (exact) mass is 795 g/mol. The number of likely N-dealkylation sites (tertiary alicyclic amines) is 2. The normalized spacial score (nSPS) is 22.2. The first-order valence-electron chi connectivity index (χ1n) is 21.2. The van der Waals surface area contributed by atoms with Crippen molar-refractivity contribution in [2.24, 2.45) is 28.6 Å². The zero-order valence-electron chi connectivity index (χ0n) is 34.3. The molecule has 13 heteroatoms. The number of nitrogens with zero attached hydrogens (tertiary/aromatic N) is 6. The summed E-state index contributed by atoms with van der Waals surface area (Å²) in [4.78, 5) is 58.5. The van der Waals surface area contributed by atoms with Gasteiger partial charge in [0.2, 0.25) is 18.2 Å². The molecule has 3 aliphatic heterocycles. The van der Waals surface area contributed by atoms with Crippen LogP contribution in [0.4, 0.5) is 5.69 Å². The maximum absolute atomic E-state index is 13.6. The van der Waals surface area contributed by atoms with Crippen molar-refractivity contribution in [3.8, 4) is 0 Å². The van der Waals surface area contributed by atoms with Gasteiger partial charge in [0.15, 0.2) is 0 Å². The lowest BCUT2D eigenvalue weighted by Crippen LogP contribution is -2.64. The van der Waals surface area contributed by atoms with E-state index in [2.05, 4.69) is 29.2 Å². The third-order valence-electron chi connectivity index (χ3n) is 13.0. The number of hydrogen-bond donors (Lipinski definition) is 2. The molecule has 2 atom stereocenters. The highest BCUT2D eigenvalue weighted by Gasteiger charge is 2.61. The number of benzene rings is 2. The second-order valence-corrected chi connectivity index (χ2v) is 17.8. The molecule has 8 rings (SSSR count). The van der Waals surface area contributed by atoms with E-state index in [1.165, 1.54) is 32.1 Å². The van der Waals surface area contributed by atoms with E-state index >= 15 is 0 Å². The van der Waals surface area contributed by atoms with Gasteiger partial charge < -0.3 is 34.8 Å². The number of aromatic nitrogens is 2. The minimum atomic E-state index is -0.419. The fourth-order valence-corrected chi connectivity index (χ4v) is 9.17. The standard InChI is InChI=1S/C33H45N5O4.C12H16N2O2/c1-32(2)15-27(32)31(41)37-22-33(23-37)21-36(30(40)26-16-35-38(18-26)17-24-9-5-3-6-10-24)19-28(33)29(39)34-13-14-42-20-25-11-7-4-8-12-25;15-9-11-1-3-12(4-2-11)14-7-5-13(10-16)6-8-14/h3,5-6,9-10,16,18,25,27-28H,4,7-8,11-15,17,19-23H2,1-2H3,(H,34,39);1-4,10,15H,5-9H2/t27?,28-;/m0./s1. The Hall–Kier alpha value is -4.75. The van der Waals surface area contributed by atoms with Crippen LogP contribution in [0.1, 0.15) is 73.9 Å². The van der Waals surface area contributed by atoms with Gasteiger partial charge in [-0.2, -0.15) is 5.10 Å².